The fourth-order valence-corrected chi connectivity index (χ4v) is 5.17. The van der Waals surface area contributed by atoms with Gasteiger partial charge in [0, 0.05) is 22.7 Å². The first-order valence-electron chi connectivity index (χ1n) is 5.97. The summed E-state index contributed by atoms with van der Waals surface area (Å²) < 4.78 is 0. The summed E-state index contributed by atoms with van der Waals surface area (Å²) in [4.78, 5) is 12.2. The summed E-state index contributed by atoms with van der Waals surface area (Å²) in [7, 11) is 0. The highest BCUT2D eigenvalue weighted by Crippen LogP contribution is 2.35. The molecule has 1 saturated heterocycles. The number of rotatable bonds is 5. The second-order valence-corrected chi connectivity index (χ2v) is 6.80. The lowest BCUT2D eigenvalue weighted by molar-refractivity contribution is -0.122. The largest absolute Gasteiger partial charge is 0.298 e. The molecule has 1 nitrogen and oxygen atoms in total. The Bertz CT molecular complexity index is 206. The van der Waals surface area contributed by atoms with Crippen molar-refractivity contribution in [2.24, 2.45) is 5.92 Å². The first-order valence-corrected chi connectivity index (χ1v) is 8.07. The van der Waals surface area contributed by atoms with Crippen LogP contribution in [0.15, 0.2) is 0 Å². The number of carbonyl (C=O) groups excluding carboxylic acids is 1. The average Bonchev–Trinajstić information content (AvgIpc) is 2.28. The molecule has 3 heteroatoms. The van der Waals surface area contributed by atoms with Gasteiger partial charge in [0.1, 0.15) is 5.78 Å². The van der Waals surface area contributed by atoms with Crippen LogP contribution >= 0.6 is 23.5 Å². The van der Waals surface area contributed by atoms with Crippen LogP contribution < -0.4 is 0 Å². The first-order chi connectivity index (χ1) is 7.20. The minimum atomic E-state index is 0.264. The van der Waals surface area contributed by atoms with Gasteiger partial charge in [-0.25, -0.2) is 0 Å². The van der Waals surface area contributed by atoms with E-state index in [1.54, 1.807) is 0 Å². The lowest BCUT2D eigenvalue weighted by Crippen LogP contribution is -2.36. The number of Topliss-reactive ketones (excluding diaryl/α,β-unsaturated/α-hetero) is 1. The third-order valence-electron chi connectivity index (χ3n) is 2.94. The van der Waals surface area contributed by atoms with E-state index in [4.69, 9.17) is 0 Å². The van der Waals surface area contributed by atoms with E-state index in [1.165, 1.54) is 5.75 Å². The van der Waals surface area contributed by atoms with Crippen molar-refractivity contribution in [1.29, 1.82) is 0 Å². The Balaban J connectivity index is 2.55. The lowest BCUT2D eigenvalue weighted by atomic mass is 9.96. The van der Waals surface area contributed by atoms with E-state index in [0.717, 1.165) is 25.0 Å². The second-order valence-electron chi connectivity index (χ2n) is 4.20. The van der Waals surface area contributed by atoms with Gasteiger partial charge in [0.15, 0.2) is 0 Å². The van der Waals surface area contributed by atoms with Crippen molar-refractivity contribution < 1.29 is 4.79 Å². The van der Waals surface area contributed by atoms with Gasteiger partial charge < -0.3 is 0 Å². The Labute approximate surface area is 102 Å². The van der Waals surface area contributed by atoms with Crippen molar-refractivity contribution in [3.63, 3.8) is 0 Å². The molecule has 1 heterocycles. The van der Waals surface area contributed by atoms with Crippen LogP contribution in [0.25, 0.3) is 0 Å². The van der Waals surface area contributed by atoms with Crippen LogP contribution in [0.4, 0.5) is 0 Å². The highest BCUT2D eigenvalue weighted by molar-refractivity contribution is 8.07. The molecule has 15 heavy (non-hydrogen) atoms. The number of hydrogen-bond acceptors (Lipinski definition) is 3. The van der Waals surface area contributed by atoms with Crippen LogP contribution in [-0.4, -0.2) is 27.8 Å². The molecular formula is C12H22OS2. The second kappa shape index (κ2) is 6.85. The minimum Gasteiger partial charge on any atom is -0.298 e. The predicted molar refractivity (Wildman–Crippen MR) is 71.9 cm³/mol. The van der Waals surface area contributed by atoms with Gasteiger partial charge in [0.2, 0.25) is 0 Å². The molecule has 1 aliphatic rings. The summed E-state index contributed by atoms with van der Waals surface area (Å²) in [6, 6.07) is 0. The van der Waals surface area contributed by atoms with Gasteiger partial charge in [-0.15, -0.1) is 11.8 Å². The number of ketones is 1. The van der Waals surface area contributed by atoms with E-state index in [2.05, 4.69) is 20.8 Å². The Morgan fingerprint density at radius 2 is 2.00 bits per heavy atom. The van der Waals surface area contributed by atoms with E-state index < -0.39 is 0 Å². The number of hydrogen-bond donors (Lipinski definition) is 0. The van der Waals surface area contributed by atoms with Crippen molar-refractivity contribution >= 4 is 29.3 Å². The fourth-order valence-electron chi connectivity index (χ4n) is 2.02. The van der Waals surface area contributed by atoms with Crippen LogP contribution in [0.2, 0.25) is 0 Å². The summed E-state index contributed by atoms with van der Waals surface area (Å²) in [5.74, 6) is 3.13. The van der Waals surface area contributed by atoms with Gasteiger partial charge in [0.25, 0.3) is 0 Å². The fraction of sp³-hybridized carbons (Fsp3) is 0.917. The van der Waals surface area contributed by atoms with Crippen molar-refractivity contribution in [2.45, 2.75) is 50.5 Å². The molecule has 0 saturated carbocycles. The molecule has 1 aliphatic heterocycles. The molecule has 3 atom stereocenters. The zero-order chi connectivity index (χ0) is 11.3. The summed E-state index contributed by atoms with van der Waals surface area (Å²) >= 11 is 3.88. The maximum absolute atomic E-state index is 12.2. The zero-order valence-corrected chi connectivity index (χ0v) is 11.6. The van der Waals surface area contributed by atoms with Crippen LogP contribution in [0, 0.1) is 5.92 Å². The first kappa shape index (κ1) is 13.4. The monoisotopic (exact) mass is 246 g/mol. The van der Waals surface area contributed by atoms with Gasteiger partial charge >= 0.3 is 0 Å². The molecule has 88 valence electrons. The smallest absolute Gasteiger partial charge is 0.149 e. The number of thioether (sulfide) groups is 2. The van der Waals surface area contributed by atoms with Crippen molar-refractivity contribution in [3.8, 4) is 0 Å². The Hall–Kier alpha value is 0.370. The quantitative estimate of drug-likeness (QED) is 0.737. The van der Waals surface area contributed by atoms with Crippen molar-refractivity contribution in [1.82, 2.24) is 0 Å². The van der Waals surface area contributed by atoms with E-state index >= 15 is 0 Å². The van der Waals surface area contributed by atoms with Crippen LogP contribution in [0.1, 0.15) is 40.0 Å². The molecule has 3 unspecified atom stereocenters. The highest BCUT2D eigenvalue weighted by Gasteiger charge is 2.32. The van der Waals surface area contributed by atoms with E-state index in [1.807, 2.05) is 23.5 Å². The van der Waals surface area contributed by atoms with Gasteiger partial charge in [-0.3, -0.25) is 4.79 Å². The van der Waals surface area contributed by atoms with Gasteiger partial charge in [-0.1, -0.05) is 27.2 Å². The molecule has 0 aromatic rings. The summed E-state index contributed by atoms with van der Waals surface area (Å²) in [6.45, 7) is 6.45. The highest BCUT2D eigenvalue weighted by atomic mass is 32.2. The standard InChI is InChI=1S/C12H22OS2/c1-4-6-9(3)11(13)12-10(5-2)14-7-8-15-12/h9-10,12H,4-8H2,1-3H3. The molecule has 1 fully saturated rings. The molecule has 0 bridgehead atoms. The predicted octanol–water partition coefficient (Wildman–Crippen LogP) is 3.62. The molecule has 0 radical (unpaired) electrons. The van der Waals surface area contributed by atoms with Gasteiger partial charge in [-0.2, -0.15) is 11.8 Å². The Morgan fingerprint density at radius 1 is 1.33 bits per heavy atom. The lowest BCUT2D eigenvalue weighted by Gasteiger charge is -2.30. The Morgan fingerprint density at radius 3 is 2.60 bits per heavy atom. The third-order valence-corrected chi connectivity index (χ3v) is 6.20. The third kappa shape index (κ3) is 3.70. The topological polar surface area (TPSA) is 17.1 Å². The number of carbonyl (C=O) groups is 1. The summed E-state index contributed by atoms with van der Waals surface area (Å²) in [5.41, 5.74) is 0. The minimum absolute atomic E-state index is 0.264. The van der Waals surface area contributed by atoms with Gasteiger partial charge in [-0.05, 0) is 12.8 Å². The average molecular weight is 246 g/mol. The molecule has 0 aromatic heterocycles. The Kier molecular flexibility index (Phi) is 6.13. The summed E-state index contributed by atoms with van der Waals surface area (Å²) in [6.07, 6.45) is 3.30. The van der Waals surface area contributed by atoms with Crippen LogP contribution in [0.5, 0.6) is 0 Å². The summed E-state index contributed by atoms with van der Waals surface area (Å²) in [5, 5.41) is 0.839. The molecule has 0 aliphatic carbocycles. The van der Waals surface area contributed by atoms with E-state index in [0.29, 0.717) is 11.0 Å². The van der Waals surface area contributed by atoms with E-state index in [9.17, 15) is 4.79 Å². The molecule has 0 N–H and O–H groups in total. The van der Waals surface area contributed by atoms with Crippen molar-refractivity contribution in [3.05, 3.63) is 0 Å². The molecule has 0 amide bonds. The normalized spacial score (nSPS) is 28.7. The SMILES string of the molecule is CCCC(C)C(=O)C1SCCSC1CC. The van der Waals surface area contributed by atoms with Crippen molar-refractivity contribution in [2.75, 3.05) is 11.5 Å². The van der Waals surface area contributed by atoms with Gasteiger partial charge in [0.05, 0.1) is 5.25 Å². The maximum Gasteiger partial charge on any atom is 0.149 e. The molecule has 0 aromatic carbocycles. The maximum atomic E-state index is 12.2. The van der Waals surface area contributed by atoms with Crippen LogP contribution in [0.3, 0.4) is 0 Å². The molecular weight excluding hydrogens is 224 g/mol. The van der Waals surface area contributed by atoms with E-state index in [-0.39, 0.29) is 11.2 Å². The molecule has 0 spiro atoms. The zero-order valence-electron chi connectivity index (χ0n) is 9.99. The molecule has 1 rings (SSSR count). The van der Waals surface area contributed by atoms with Crippen LogP contribution in [-0.2, 0) is 4.79 Å².